The Balaban J connectivity index is 1.81. The zero-order valence-electron chi connectivity index (χ0n) is 17.2. The first kappa shape index (κ1) is 23.8. The minimum atomic E-state index is -0.611. The van der Waals surface area contributed by atoms with Crippen molar-refractivity contribution >= 4 is 51.7 Å². The van der Waals surface area contributed by atoms with Gasteiger partial charge in [0.1, 0.15) is 17.6 Å². The van der Waals surface area contributed by atoms with Crippen LogP contribution in [0.25, 0.3) is 0 Å². The van der Waals surface area contributed by atoms with Crippen LogP contribution < -0.4 is 9.67 Å². The quantitative estimate of drug-likeness (QED) is 0.323. The van der Waals surface area contributed by atoms with Gasteiger partial charge < -0.3 is 9.47 Å². The lowest BCUT2D eigenvalue weighted by Crippen LogP contribution is -2.31. The average Bonchev–Trinajstić information content (AvgIpc) is 3.04. The number of nitrogens with zero attached hydrogens (tertiary/aromatic N) is 3. The number of hydrogen-bond acceptors (Lipinski definition) is 7. The summed E-state index contributed by atoms with van der Waals surface area (Å²) in [6.07, 6.45) is 1.79. The second kappa shape index (κ2) is 10.6. The lowest BCUT2D eigenvalue weighted by atomic mass is 10.1. The Hall–Kier alpha value is -1.88. The molecule has 0 N–H and O–H groups in total. The number of hydrogen-bond donors (Lipinski definition) is 0. The van der Waals surface area contributed by atoms with E-state index in [4.69, 9.17) is 33.3 Å². The molecule has 1 atom stereocenters. The van der Waals surface area contributed by atoms with E-state index in [0.717, 1.165) is 30.2 Å². The third kappa shape index (κ3) is 5.88. The molecule has 0 amide bonds. The number of carbonyl (C=O) groups is 1. The van der Waals surface area contributed by atoms with Gasteiger partial charge in [-0.15, -0.1) is 0 Å². The number of ether oxygens (including phenoxy) is 2. The maximum Gasteiger partial charge on any atom is 0.325 e. The minimum Gasteiger partial charge on any atom is -0.460 e. The van der Waals surface area contributed by atoms with Gasteiger partial charge >= 0.3 is 10.8 Å². The number of halogens is 2. The van der Waals surface area contributed by atoms with Crippen LogP contribution in [0.5, 0.6) is 0 Å². The molecule has 1 unspecified atom stereocenters. The van der Waals surface area contributed by atoms with Gasteiger partial charge in [-0.25, -0.2) is 14.1 Å². The summed E-state index contributed by atoms with van der Waals surface area (Å²) in [6.45, 7) is 3.32. The molecule has 0 bridgehead atoms. The summed E-state index contributed by atoms with van der Waals surface area (Å²) in [4.78, 5) is 29.2. The predicted molar refractivity (Wildman–Crippen MR) is 121 cm³/mol. The summed E-state index contributed by atoms with van der Waals surface area (Å²) in [5, 5.41) is 0.141. The van der Waals surface area contributed by atoms with Crippen LogP contribution in [0.2, 0.25) is 5.02 Å². The monoisotopic (exact) mass is 487 g/mol. The van der Waals surface area contributed by atoms with E-state index < -0.39 is 11.8 Å². The molecule has 0 fully saturated rings. The number of thiocarbonyl (C=S) groups is 1. The zero-order valence-corrected chi connectivity index (χ0v) is 19.6. The van der Waals surface area contributed by atoms with Crippen molar-refractivity contribution in [2.75, 3.05) is 13.7 Å². The summed E-state index contributed by atoms with van der Waals surface area (Å²) in [5.41, 5.74) is 0.473. The predicted octanol–water partition coefficient (Wildman–Crippen LogP) is 3.61. The Kier molecular flexibility index (Phi) is 8.15. The van der Waals surface area contributed by atoms with Gasteiger partial charge in [-0.05, 0) is 49.7 Å². The Morgan fingerprint density at radius 1 is 1.32 bits per heavy atom. The molecule has 11 heteroatoms. The van der Waals surface area contributed by atoms with Gasteiger partial charge in [-0.1, -0.05) is 23.8 Å². The number of benzene rings is 1. The largest absolute Gasteiger partial charge is 0.460 e. The van der Waals surface area contributed by atoms with E-state index in [1.165, 1.54) is 13.2 Å². The highest BCUT2D eigenvalue weighted by molar-refractivity contribution is 7.80. The molecular weight excluding hydrogens is 465 g/mol. The second-order valence-corrected chi connectivity index (χ2v) is 9.00. The van der Waals surface area contributed by atoms with Gasteiger partial charge in [0.15, 0.2) is 0 Å². The molecule has 7 nitrogen and oxygen atoms in total. The summed E-state index contributed by atoms with van der Waals surface area (Å²) >= 11 is 12.6. The standard InChI is InChI=1S/C20H23ClFN3O4S2/c1-12(11-28-2)29-18(26)6-5-17(30)13-9-16(15(22)10-14(13)21)23-19-24-7-3-4-8-25(24)20(27)31-19/h9-10,12H,3-8,11H2,1-2H3. The van der Waals surface area contributed by atoms with Crippen molar-refractivity contribution in [1.29, 1.82) is 0 Å². The highest BCUT2D eigenvalue weighted by Crippen LogP contribution is 2.28. The van der Waals surface area contributed by atoms with E-state index in [0.29, 0.717) is 34.9 Å². The van der Waals surface area contributed by atoms with Crippen LogP contribution in [0.4, 0.5) is 10.1 Å². The van der Waals surface area contributed by atoms with Gasteiger partial charge in [0.25, 0.3) is 0 Å². The average molecular weight is 488 g/mol. The maximum absolute atomic E-state index is 14.6. The smallest absolute Gasteiger partial charge is 0.325 e. The lowest BCUT2D eigenvalue weighted by molar-refractivity contribution is -0.150. The highest BCUT2D eigenvalue weighted by atomic mass is 35.5. The molecule has 1 aromatic heterocycles. The number of carbonyl (C=O) groups excluding carboxylic acids is 1. The third-order valence-corrected chi connectivity index (χ3v) is 6.34. The number of fused-ring (bicyclic) bond motifs is 1. The summed E-state index contributed by atoms with van der Waals surface area (Å²) < 4.78 is 28.1. The SMILES string of the molecule is COCC(C)OC(=O)CCC(=S)c1cc(N=c2sc(=O)n3n2CCCC3)c(F)cc1Cl. The molecule has 0 radical (unpaired) electrons. The molecule has 3 rings (SSSR count). The molecule has 0 saturated heterocycles. The Morgan fingerprint density at radius 2 is 2.03 bits per heavy atom. The Bertz CT molecular complexity index is 1110. The van der Waals surface area contributed by atoms with Crippen molar-refractivity contribution in [1.82, 2.24) is 9.36 Å². The van der Waals surface area contributed by atoms with Crippen molar-refractivity contribution < 1.29 is 18.7 Å². The van der Waals surface area contributed by atoms with Crippen molar-refractivity contribution in [2.24, 2.45) is 4.99 Å². The van der Waals surface area contributed by atoms with E-state index in [1.54, 1.807) is 16.3 Å². The van der Waals surface area contributed by atoms with Gasteiger partial charge in [-0.2, -0.15) is 0 Å². The summed E-state index contributed by atoms with van der Waals surface area (Å²) in [6, 6.07) is 2.61. The first-order valence-electron chi connectivity index (χ1n) is 9.86. The maximum atomic E-state index is 14.6. The molecule has 168 valence electrons. The molecule has 0 saturated carbocycles. The van der Waals surface area contributed by atoms with Gasteiger partial charge in [0, 0.05) is 30.6 Å². The van der Waals surface area contributed by atoms with Crippen LogP contribution in [-0.2, 0) is 27.4 Å². The zero-order chi connectivity index (χ0) is 22.5. The number of methoxy groups -OCH3 is 1. The molecular formula is C20H23ClFN3O4S2. The van der Waals surface area contributed by atoms with E-state index in [9.17, 15) is 14.0 Å². The second-order valence-electron chi connectivity index (χ2n) is 7.18. The topological polar surface area (TPSA) is 74.8 Å². The first-order valence-corrected chi connectivity index (χ1v) is 11.5. The van der Waals surface area contributed by atoms with Crippen LogP contribution in [0.15, 0.2) is 21.9 Å². The van der Waals surface area contributed by atoms with E-state index >= 15 is 0 Å². The fourth-order valence-electron chi connectivity index (χ4n) is 3.26. The van der Waals surface area contributed by atoms with Crippen molar-refractivity contribution in [2.45, 2.75) is 51.8 Å². The van der Waals surface area contributed by atoms with Crippen LogP contribution in [0, 0.1) is 5.82 Å². The van der Waals surface area contributed by atoms with Crippen LogP contribution in [0.3, 0.4) is 0 Å². The lowest BCUT2D eigenvalue weighted by Gasteiger charge is -2.15. The third-order valence-electron chi connectivity index (χ3n) is 4.73. The van der Waals surface area contributed by atoms with E-state index in [-0.39, 0.29) is 34.5 Å². The molecule has 0 spiro atoms. The molecule has 1 aliphatic heterocycles. The highest BCUT2D eigenvalue weighted by Gasteiger charge is 2.17. The molecule has 1 aromatic carbocycles. The molecule has 2 heterocycles. The minimum absolute atomic E-state index is 0.0424. The van der Waals surface area contributed by atoms with Crippen LogP contribution in [0.1, 0.15) is 38.2 Å². The van der Waals surface area contributed by atoms with Crippen LogP contribution >= 0.6 is 35.2 Å². The Morgan fingerprint density at radius 3 is 2.74 bits per heavy atom. The molecule has 0 aliphatic carbocycles. The van der Waals surface area contributed by atoms with Crippen molar-refractivity contribution in [3.63, 3.8) is 0 Å². The van der Waals surface area contributed by atoms with Crippen LogP contribution in [-0.4, -0.2) is 40.0 Å². The molecule has 1 aliphatic rings. The number of aromatic nitrogens is 2. The van der Waals surface area contributed by atoms with E-state index in [1.807, 2.05) is 0 Å². The number of rotatable bonds is 8. The Labute approximate surface area is 193 Å². The molecule has 31 heavy (non-hydrogen) atoms. The first-order chi connectivity index (χ1) is 14.8. The fraction of sp³-hybridized carbons (Fsp3) is 0.500. The van der Waals surface area contributed by atoms with Gasteiger partial charge in [0.05, 0.1) is 18.1 Å². The van der Waals surface area contributed by atoms with E-state index in [2.05, 4.69) is 4.99 Å². The van der Waals surface area contributed by atoms with Gasteiger partial charge in [0.2, 0.25) is 4.80 Å². The number of esters is 1. The van der Waals surface area contributed by atoms with Crippen molar-refractivity contribution in [3.05, 3.63) is 43.0 Å². The normalized spacial score (nSPS) is 14.9. The molecule has 2 aromatic rings. The van der Waals surface area contributed by atoms with Crippen molar-refractivity contribution in [3.8, 4) is 0 Å². The summed E-state index contributed by atoms with van der Waals surface area (Å²) in [7, 11) is 1.53. The summed E-state index contributed by atoms with van der Waals surface area (Å²) in [5.74, 6) is -1.02. The van der Waals surface area contributed by atoms with Gasteiger partial charge in [-0.3, -0.25) is 14.3 Å². The fourth-order valence-corrected chi connectivity index (χ4v) is 4.74.